The van der Waals surface area contributed by atoms with Crippen molar-refractivity contribution in [3.05, 3.63) is 11.6 Å². The van der Waals surface area contributed by atoms with E-state index in [1.165, 1.54) is 0 Å². The lowest BCUT2D eigenvalue weighted by Crippen LogP contribution is -2.46. The zero-order valence-electron chi connectivity index (χ0n) is 12.1. The Hall–Kier alpha value is -1.40. The summed E-state index contributed by atoms with van der Waals surface area (Å²) in [4.78, 5) is 16.6. The Kier molecular flexibility index (Phi) is 3.10. The smallest absolute Gasteiger partial charge is 0.336 e. The van der Waals surface area contributed by atoms with Gasteiger partial charge in [-0.3, -0.25) is 0 Å². The van der Waals surface area contributed by atoms with Crippen molar-refractivity contribution >= 4 is 11.9 Å². The van der Waals surface area contributed by atoms with E-state index in [0.717, 1.165) is 0 Å². The molecule has 0 spiro atoms. The summed E-state index contributed by atoms with van der Waals surface area (Å²) in [7, 11) is 0. The molecule has 6 heteroatoms. The van der Waals surface area contributed by atoms with Gasteiger partial charge >= 0.3 is 5.97 Å². The van der Waals surface area contributed by atoms with Gasteiger partial charge in [0.05, 0.1) is 12.2 Å². The first-order valence-electron chi connectivity index (χ1n) is 6.87. The maximum atomic E-state index is 12.1. The Labute approximate surface area is 117 Å². The second-order valence-electron chi connectivity index (χ2n) is 5.58. The number of aliphatic imine (C=N–C) groups is 1. The van der Waals surface area contributed by atoms with Crippen molar-refractivity contribution in [1.82, 2.24) is 0 Å². The quantitative estimate of drug-likeness (QED) is 0.711. The molecule has 2 aliphatic heterocycles. The molecule has 0 aromatic carbocycles. The predicted octanol–water partition coefficient (Wildman–Crippen LogP) is 1.20. The first kappa shape index (κ1) is 13.6. The molecule has 3 rings (SSSR count). The largest absolute Gasteiger partial charge is 0.471 e. The maximum Gasteiger partial charge on any atom is 0.336 e. The summed E-state index contributed by atoms with van der Waals surface area (Å²) in [6.45, 7) is 7.55. The molecular formula is C14H19NO5. The van der Waals surface area contributed by atoms with Gasteiger partial charge in [-0.2, -0.15) is 0 Å². The molecule has 1 saturated heterocycles. The van der Waals surface area contributed by atoms with Gasteiger partial charge in [0.25, 0.3) is 0 Å². The lowest BCUT2D eigenvalue weighted by atomic mass is 9.88. The van der Waals surface area contributed by atoms with Gasteiger partial charge in [0, 0.05) is 6.92 Å². The van der Waals surface area contributed by atoms with Crippen LogP contribution in [0.5, 0.6) is 0 Å². The van der Waals surface area contributed by atoms with E-state index in [4.69, 9.17) is 18.9 Å². The molecule has 0 aromatic heterocycles. The molecule has 1 fully saturated rings. The van der Waals surface area contributed by atoms with Gasteiger partial charge in [-0.05, 0) is 26.8 Å². The van der Waals surface area contributed by atoms with Crippen molar-refractivity contribution in [2.45, 2.75) is 57.8 Å². The van der Waals surface area contributed by atoms with E-state index in [-0.39, 0.29) is 24.2 Å². The van der Waals surface area contributed by atoms with E-state index >= 15 is 0 Å². The van der Waals surface area contributed by atoms with Gasteiger partial charge in [-0.15, -0.1) is 0 Å². The van der Waals surface area contributed by atoms with Crippen LogP contribution in [0.2, 0.25) is 0 Å². The lowest BCUT2D eigenvalue weighted by Gasteiger charge is -2.29. The standard InChI is InChI=1S/C14H19NO5/c1-5-17-13(16)8-6-9-10(15-7(2)18-9)12-11(8)19-14(3,4)20-12/h6,9-12H,5H2,1-4H3/t9-,10-,11-,12+/m1/s1. The fourth-order valence-corrected chi connectivity index (χ4v) is 2.92. The molecule has 6 nitrogen and oxygen atoms in total. The maximum absolute atomic E-state index is 12.1. The van der Waals surface area contributed by atoms with E-state index in [9.17, 15) is 4.79 Å². The topological polar surface area (TPSA) is 66.4 Å². The number of carbonyl (C=O) groups is 1. The van der Waals surface area contributed by atoms with Gasteiger partial charge in [-0.25, -0.2) is 9.79 Å². The summed E-state index contributed by atoms with van der Waals surface area (Å²) < 4.78 is 22.5. The number of esters is 1. The summed E-state index contributed by atoms with van der Waals surface area (Å²) in [5, 5.41) is 0. The summed E-state index contributed by atoms with van der Waals surface area (Å²) >= 11 is 0. The number of carbonyl (C=O) groups excluding carboxylic acids is 1. The Morgan fingerprint density at radius 2 is 2.20 bits per heavy atom. The Balaban J connectivity index is 1.95. The molecule has 1 aliphatic carbocycles. The Morgan fingerprint density at radius 1 is 1.45 bits per heavy atom. The Bertz CT molecular complexity index is 496. The summed E-state index contributed by atoms with van der Waals surface area (Å²) in [5.41, 5.74) is 0.466. The number of hydrogen-bond donors (Lipinski definition) is 0. The summed E-state index contributed by atoms with van der Waals surface area (Å²) in [5.74, 6) is -0.522. The minimum Gasteiger partial charge on any atom is -0.471 e. The molecule has 0 saturated carbocycles. The van der Waals surface area contributed by atoms with E-state index in [0.29, 0.717) is 18.1 Å². The minimum absolute atomic E-state index is 0.167. The van der Waals surface area contributed by atoms with Crippen LogP contribution in [-0.2, 0) is 23.7 Å². The van der Waals surface area contributed by atoms with Gasteiger partial charge in [0.15, 0.2) is 11.7 Å². The molecule has 2 heterocycles. The zero-order valence-corrected chi connectivity index (χ0v) is 12.1. The third kappa shape index (κ3) is 2.13. The fraction of sp³-hybridized carbons (Fsp3) is 0.714. The van der Waals surface area contributed by atoms with Gasteiger partial charge in [0.2, 0.25) is 0 Å². The number of fused-ring (bicyclic) bond motifs is 3. The highest BCUT2D eigenvalue weighted by atomic mass is 16.8. The lowest BCUT2D eigenvalue weighted by molar-refractivity contribution is -0.148. The van der Waals surface area contributed by atoms with Crippen molar-refractivity contribution < 1.29 is 23.7 Å². The molecule has 0 N–H and O–H groups in total. The van der Waals surface area contributed by atoms with Crippen LogP contribution < -0.4 is 0 Å². The highest BCUT2D eigenvalue weighted by Gasteiger charge is 2.55. The summed E-state index contributed by atoms with van der Waals surface area (Å²) in [6, 6.07) is -0.167. The third-order valence-corrected chi connectivity index (χ3v) is 3.60. The zero-order chi connectivity index (χ0) is 14.5. The van der Waals surface area contributed by atoms with Gasteiger partial charge in [-0.1, -0.05) is 0 Å². The summed E-state index contributed by atoms with van der Waals surface area (Å²) in [6.07, 6.45) is 0.697. The van der Waals surface area contributed by atoms with E-state index < -0.39 is 11.9 Å². The molecule has 0 aromatic rings. The number of rotatable bonds is 2. The molecule has 110 valence electrons. The highest BCUT2D eigenvalue weighted by Crippen LogP contribution is 2.41. The SMILES string of the molecule is CCOC(=O)C1=C[C@H]2OC(C)=N[C@H]2[C@@H]2OC(C)(C)O[C@H]12. The highest BCUT2D eigenvalue weighted by molar-refractivity contribution is 5.90. The van der Waals surface area contributed by atoms with E-state index in [2.05, 4.69) is 4.99 Å². The second kappa shape index (κ2) is 4.56. The predicted molar refractivity (Wildman–Crippen MR) is 70.3 cm³/mol. The van der Waals surface area contributed by atoms with Crippen LogP contribution in [0.15, 0.2) is 16.6 Å². The monoisotopic (exact) mass is 281 g/mol. The molecule has 4 atom stereocenters. The molecule has 20 heavy (non-hydrogen) atoms. The van der Waals surface area contributed by atoms with Crippen LogP contribution in [0.4, 0.5) is 0 Å². The van der Waals surface area contributed by atoms with Crippen LogP contribution in [0.25, 0.3) is 0 Å². The van der Waals surface area contributed by atoms with Crippen LogP contribution >= 0.6 is 0 Å². The Morgan fingerprint density at radius 3 is 2.90 bits per heavy atom. The van der Waals surface area contributed by atoms with Crippen LogP contribution in [0.1, 0.15) is 27.7 Å². The molecule has 0 bridgehead atoms. The normalized spacial score (nSPS) is 37.4. The number of nitrogens with zero attached hydrogens (tertiary/aromatic N) is 1. The first-order chi connectivity index (χ1) is 9.41. The van der Waals surface area contributed by atoms with Crippen molar-refractivity contribution in [2.24, 2.45) is 4.99 Å². The minimum atomic E-state index is -0.748. The number of hydrogen-bond acceptors (Lipinski definition) is 6. The van der Waals surface area contributed by atoms with Gasteiger partial charge in [0.1, 0.15) is 24.4 Å². The van der Waals surface area contributed by atoms with E-state index in [1.807, 2.05) is 13.8 Å². The molecule has 0 amide bonds. The third-order valence-electron chi connectivity index (χ3n) is 3.60. The molecule has 0 radical (unpaired) electrons. The van der Waals surface area contributed by atoms with Crippen molar-refractivity contribution in [1.29, 1.82) is 0 Å². The van der Waals surface area contributed by atoms with Crippen LogP contribution in [-0.4, -0.2) is 48.6 Å². The molecular weight excluding hydrogens is 262 g/mol. The second-order valence-corrected chi connectivity index (χ2v) is 5.58. The van der Waals surface area contributed by atoms with Crippen LogP contribution in [0, 0.1) is 0 Å². The molecule has 3 aliphatic rings. The van der Waals surface area contributed by atoms with Crippen molar-refractivity contribution in [3.8, 4) is 0 Å². The van der Waals surface area contributed by atoms with Crippen molar-refractivity contribution in [3.63, 3.8) is 0 Å². The van der Waals surface area contributed by atoms with Crippen LogP contribution in [0.3, 0.4) is 0 Å². The fourth-order valence-electron chi connectivity index (χ4n) is 2.92. The number of ether oxygens (including phenoxy) is 4. The average molecular weight is 281 g/mol. The van der Waals surface area contributed by atoms with Gasteiger partial charge < -0.3 is 18.9 Å². The van der Waals surface area contributed by atoms with E-state index in [1.54, 1.807) is 19.9 Å². The molecule has 0 unspecified atom stereocenters. The average Bonchev–Trinajstić information content (AvgIpc) is 2.86. The van der Waals surface area contributed by atoms with Crippen molar-refractivity contribution in [2.75, 3.05) is 6.61 Å². The first-order valence-corrected chi connectivity index (χ1v) is 6.87.